The molecule has 3 heteroatoms. The summed E-state index contributed by atoms with van der Waals surface area (Å²) in [4.78, 5) is 10.2. The molecule has 0 bridgehead atoms. The van der Waals surface area contributed by atoms with Crippen molar-refractivity contribution < 1.29 is 4.79 Å². The second-order valence-electron chi connectivity index (χ2n) is 2.39. The van der Waals surface area contributed by atoms with Crippen molar-refractivity contribution in [1.29, 1.82) is 0 Å². The molecule has 0 aliphatic rings. The summed E-state index contributed by atoms with van der Waals surface area (Å²) in [5.74, 6) is 0. The maximum Gasteiger partial charge on any atom is 0.255 e. The Balaban J connectivity index is 2.75. The molecule has 1 aromatic carbocycles. The molecular weight excluding hydrogens is 152 g/mol. The smallest absolute Gasteiger partial charge is 0.255 e. The third kappa shape index (κ3) is 1.05. The second kappa shape index (κ2) is 2.70. The van der Waals surface area contributed by atoms with Crippen LogP contribution in [-0.2, 0) is 4.79 Å². The molecular formula is C9H5N2O. The maximum absolute atomic E-state index is 10.2. The number of nitrogens with zero attached hydrogens (tertiary/aromatic N) is 2. The fourth-order valence-electron chi connectivity index (χ4n) is 1.03. The van der Waals surface area contributed by atoms with Crippen molar-refractivity contribution in [2.75, 3.05) is 0 Å². The van der Waals surface area contributed by atoms with Crippen molar-refractivity contribution in [3.05, 3.63) is 36.0 Å². The predicted molar refractivity (Wildman–Crippen MR) is 44.3 cm³/mol. The second-order valence-corrected chi connectivity index (χ2v) is 2.39. The van der Waals surface area contributed by atoms with Crippen molar-refractivity contribution in [1.82, 2.24) is 10.2 Å². The molecule has 57 valence electrons. The monoisotopic (exact) mass is 157 g/mol. The zero-order chi connectivity index (χ0) is 8.39. The molecule has 1 aromatic heterocycles. The van der Waals surface area contributed by atoms with Gasteiger partial charge in [-0.05, 0) is 12.1 Å². The number of benzene rings is 1. The molecule has 0 amide bonds. The lowest BCUT2D eigenvalue weighted by molar-refractivity contribution is 0.561. The van der Waals surface area contributed by atoms with E-state index < -0.39 is 0 Å². The van der Waals surface area contributed by atoms with Crippen LogP contribution in [0.5, 0.6) is 0 Å². The first-order valence-corrected chi connectivity index (χ1v) is 3.51. The Morgan fingerprint density at radius 2 is 2.00 bits per heavy atom. The van der Waals surface area contributed by atoms with Gasteiger partial charge in [-0.3, -0.25) is 4.79 Å². The van der Waals surface area contributed by atoms with Crippen LogP contribution in [0.3, 0.4) is 0 Å². The Morgan fingerprint density at radius 3 is 2.83 bits per heavy atom. The van der Waals surface area contributed by atoms with Crippen molar-refractivity contribution in [3.63, 3.8) is 0 Å². The minimum absolute atomic E-state index is 0.244. The molecule has 0 atom stereocenters. The molecule has 0 spiro atoms. The van der Waals surface area contributed by atoms with Gasteiger partial charge in [-0.15, -0.1) is 10.2 Å². The number of hydrogen-bond donors (Lipinski definition) is 0. The van der Waals surface area contributed by atoms with Crippen LogP contribution >= 0.6 is 0 Å². The van der Waals surface area contributed by atoms with Gasteiger partial charge in [0.1, 0.15) is 5.69 Å². The Labute approximate surface area is 69.0 Å². The topological polar surface area (TPSA) is 42.9 Å². The van der Waals surface area contributed by atoms with E-state index in [-0.39, 0.29) is 5.69 Å². The lowest BCUT2D eigenvalue weighted by Gasteiger charge is -1.93. The molecule has 1 heterocycles. The molecule has 2 rings (SSSR count). The average Bonchev–Trinajstić information content (AvgIpc) is 2.17. The zero-order valence-corrected chi connectivity index (χ0v) is 6.19. The zero-order valence-electron chi connectivity index (χ0n) is 6.19. The Morgan fingerprint density at radius 1 is 1.17 bits per heavy atom. The molecule has 0 saturated heterocycles. The third-order valence-corrected chi connectivity index (χ3v) is 1.60. The third-order valence-electron chi connectivity index (χ3n) is 1.60. The number of fused-ring (bicyclic) bond motifs is 1. The van der Waals surface area contributed by atoms with Crippen LogP contribution in [0.2, 0.25) is 0 Å². The molecule has 2 aromatic rings. The fourth-order valence-corrected chi connectivity index (χ4v) is 1.03. The van der Waals surface area contributed by atoms with E-state index in [4.69, 9.17) is 0 Å². The molecule has 0 aliphatic carbocycles. The summed E-state index contributed by atoms with van der Waals surface area (Å²) in [6.07, 6.45) is 1.70. The fraction of sp³-hybridized carbons (Fsp3) is 0. The van der Waals surface area contributed by atoms with Crippen LogP contribution in [0.15, 0.2) is 30.3 Å². The van der Waals surface area contributed by atoms with Crippen molar-refractivity contribution in [2.45, 2.75) is 0 Å². The van der Waals surface area contributed by atoms with Crippen molar-refractivity contribution in [3.8, 4) is 0 Å². The van der Waals surface area contributed by atoms with Gasteiger partial charge in [0.05, 0.1) is 5.52 Å². The molecule has 0 N–H and O–H groups in total. The number of aromatic nitrogens is 2. The molecule has 3 nitrogen and oxygen atoms in total. The highest BCUT2D eigenvalue weighted by Crippen LogP contribution is 2.09. The van der Waals surface area contributed by atoms with Crippen LogP contribution in [0, 0.1) is 0 Å². The molecule has 0 aliphatic heterocycles. The van der Waals surface area contributed by atoms with E-state index in [9.17, 15) is 4.79 Å². The molecule has 1 radical (unpaired) electrons. The maximum atomic E-state index is 10.2. The first-order valence-electron chi connectivity index (χ1n) is 3.51. The van der Waals surface area contributed by atoms with Crippen LogP contribution in [0.25, 0.3) is 10.9 Å². The van der Waals surface area contributed by atoms with E-state index in [1.54, 1.807) is 12.4 Å². The summed E-state index contributed by atoms with van der Waals surface area (Å²) >= 11 is 0. The van der Waals surface area contributed by atoms with Crippen LogP contribution in [-0.4, -0.2) is 16.5 Å². The quantitative estimate of drug-likeness (QED) is 0.622. The summed E-state index contributed by atoms with van der Waals surface area (Å²) < 4.78 is 0. The van der Waals surface area contributed by atoms with Gasteiger partial charge in [0, 0.05) is 5.39 Å². The first-order chi connectivity index (χ1) is 5.90. The van der Waals surface area contributed by atoms with Crippen LogP contribution in [0.4, 0.5) is 0 Å². The summed E-state index contributed by atoms with van der Waals surface area (Å²) in [5.41, 5.74) is 1.03. The van der Waals surface area contributed by atoms with Crippen LogP contribution < -0.4 is 0 Å². The summed E-state index contributed by atoms with van der Waals surface area (Å²) in [6, 6.07) is 9.15. The van der Waals surface area contributed by atoms with Gasteiger partial charge in [0.15, 0.2) is 0 Å². The highest BCUT2D eigenvalue weighted by atomic mass is 16.1. The summed E-state index contributed by atoms with van der Waals surface area (Å²) in [5, 5.41) is 8.40. The van der Waals surface area contributed by atoms with E-state index in [0.717, 1.165) is 10.9 Å². The Bertz CT molecular complexity index is 426. The predicted octanol–water partition coefficient (Wildman–Crippen LogP) is 1.09. The lowest BCUT2D eigenvalue weighted by Crippen LogP contribution is -1.90. The van der Waals surface area contributed by atoms with Gasteiger partial charge in [-0.1, -0.05) is 18.2 Å². The summed E-state index contributed by atoms with van der Waals surface area (Å²) in [6.45, 7) is 0. The minimum Gasteiger partial charge on any atom is -0.283 e. The average molecular weight is 157 g/mol. The number of hydrogen-bond acceptors (Lipinski definition) is 3. The molecule has 0 fully saturated rings. The van der Waals surface area contributed by atoms with Gasteiger partial charge < -0.3 is 0 Å². The Hall–Kier alpha value is -1.77. The highest BCUT2D eigenvalue weighted by molar-refractivity contribution is 5.83. The van der Waals surface area contributed by atoms with E-state index >= 15 is 0 Å². The van der Waals surface area contributed by atoms with Crippen molar-refractivity contribution >= 4 is 17.2 Å². The van der Waals surface area contributed by atoms with Gasteiger partial charge in [0.2, 0.25) is 0 Å². The van der Waals surface area contributed by atoms with Gasteiger partial charge >= 0.3 is 0 Å². The van der Waals surface area contributed by atoms with Gasteiger partial charge in [0.25, 0.3) is 6.29 Å². The van der Waals surface area contributed by atoms with E-state index in [1.165, 1.54) is 0 Å². The van der Waals surface area contributed by atoms with E-state index in [0.29, 0.717) is 0 Å². The lowest BCUT2D eigenvalue weighted by atomic mass is 10.2. The highest BCUT2D eigenvalue weighted by Gasteiger charge is 1.96. The normalized spacial score (nSPS) is 10.0. The number of carbonyl (C=O) groups excluding carboxylic acids is 1. The van der Waals surface area contributed by atoms with E-state index in [1.807, 2.05) is 24.3 Å². The largest absolute Gasteiger partial charge is 0.283 e. The molecule has 0 unspecified atom stereocenters. The molecule has 12 heavy (non-hydrogen) atoms. The number of rotatable bonds is 1. The van der Waals surface area contributed by atoms with Gasteiger partial charge in [-0.2, -0.15) is 0 Å². The first kappa shape index (κ1) is 6.91. The van der Waals surface area contributed by atoms with E-state index in [2.05, 4.69) is 10.2 Å². The molecule has 0 saturated carbocycles. The van der Waals surface area contributed by atoms with Gasteiger partial charge in [-0.25, -0.2) is 0 Å². The Kier molecular flexibility index (Phi) is 1.55. The van der Waals surface area contributed by atoms with Crippen molar-refractivity contribution in [2.24, 2.45) is 0 Å². The van der Waals surface area contributed by atoms with Crippen LogP contribution in [0.1, 0.15) is 5.69 Å². The summed E-state index contributed by atoms with van der Waals surface area (Å²) in [7, 11) is 0. The SMILES string of the molecule is O=[C]c1cc2ccccc2nn1. The standard InChI is InChI=1S/C9H5N2O/c12-6-8-5-7-3-1-2-4-9(7)11-10-8/h1-5H. The minimum atomic E-state index is 0.244.